The molecule has 6 nitrogen and oxygen atoms in total. The molecule has 1 aromatic heterocycles. The maximum Gasteiger partial charge on any atom is 0.272 e. The van der Waals surface area contributed by atoms with E-state index in [9.17, 15) is 4.79 Å². The molecule has 3 rings (SSSR count). The quantitative estimate of drug-likeness (QED) is 0.908. The number of amides is 1. The predicted octanol–water partition coefficient (Wildman–Crippen LogP) is 2.25. The Hall–Kier alpha value is -2.50. The molecular formula is C16H20N4O2. The highest BCUT2D eigenvalue weighted by Crippen LogP contribution is 2.26. The Kier molecular flexibility index (Phi) is 3.75. The van der Waals surface area contributed by atoms with E-state index in [0.717, 1.165) is 23.0 Å². The van der Waals surface area contributed by atoms with E-state index in [4.69, 9.17) is 4.74 Å². The predicted molar refractivity (Wildman–Crippen MR) is 84.2 cm³/mol. The summed E-state index contributed by atoms with van der Waals surface area (Å²) in [4.78, 5) is 21.8. The Bertz CT molecular complexity index is 676. The van der Waals surface area contributed by atoms with Crippen molar-refractivity contribution in [3.8, 4) is 5.75 Å². The van der Waals surface area contributed by atoms with Gasteiger partial charge in [0, 0.05) is 12.5 Å². The number of carbonyl (C=O) groups excluding carboxylic acids is 1. The van der Waals surface area contributed by atoms with Gasteiger partial charge in [-0.05, 0) is 17.7 Å². The lowest BCUT2D eigenvalue weighted by Gasteiger charge is -2.27. The molecule has 0 aliphatic carbocycles. The molecule has 2 heterocycles. The first-order chi connectivity index (χ1) is 10.6. The molecule has 116 valence electrons. The molecule has 6 heteroatoms. The van der Waals surface area contributed by atoms with Crippen molar-refractivity contribution in [2.75, 3.05) is 18.7 Å². The number of nitrogens with one attached hydrogen (secondary N) is 2. The Labute approximate surface area is 129 Å². The van der Waals surface area contributed by atoms with Gasteiger partial charge in [-0.3, -0.25) is 4.79 Å². The topological polar surface area (TPSA) is 70.2 Å². The van der Waals surface area contributed by atoms with Crippen molar-refractivity contribution in [2.24, 2.45) is 0 Å². The van der Waals surface area contributed by atoms with Crippen molar-refractivity contribution in [1.29, 1.82) is 0 Å². The third-order valence-corrected chi connectivity index (χ3v) is 3.74. The molecule has 2 aromatic rings. The first kappa shape index (κ1) is 14.4. The van der Waals surface area contributed by atoms with Gasteiger partial charge in [-0.2, -0.15) is 0 Å². The van der Waals surface area contributed by atoms with Gasteiger partial charge in [0.15, 0.2) is 5.82 Å². The van der Waals surface area contributed by atoms with Crippen LogP contribution in [0.5, 0.6) is 5.75 Å². The van der Waals surface area contributed by atoms with E-state index >= 15 is 0 Å². The van der Waals surface area contributed by atoms with Crippen LogP contribution >= 0.6 is 0 Å². The molecule has 0 bridgehead atoms. The molecular weight excluding hydrogens is 280 g/mol. The van der Waals surface area contributed by atoms with Crippen molar-refractivity contribution in [2.45, 2.75) is 26.3 Å². The van der Waals surface area contributed by atoms with Gasteiger partial charge in [-0.1, -0.05) is 26.0 Å². The summed E-state index contributed by atoms with van der Waals surface area (Å²) in [7, 11) is 1.65. The molecule has 2 N–H and O–H groups in total. The van der Waals surface area contributed by atoms with Gasteiger partial charge in [0.25, 0.3) is 5.91 Å². The Morgan fingerprint density at radius 3 is 2.68 bits per heavy atom. The number of imidazole rings is 1. The number of aromatic amines is 1. The number of methoxy groups -OCH3 is 1. The molecule has 1 aromatic carbocycles. The summed E-state index contributed by atoms with van der Waals surface area (Å²) < 4.78 is 5.17. The monoisotopic (exact) mass is 300 g/mol. The summed E-state index contributed by atoms with van der Waals surface area (Å²) in [5.74, 6) is 2.55. The second-order valence-electron chi connectivity index (χ2n) is 5.69. The zero-order valence-electron chi connectivity index (χ0n) is 13.0. The second kappa shape index (κ2) is 5.71. The highest BCUT2D eigenvalue weighted by Gasteiger charge is 2.27. The summed E-state index contributed by atoms with van der Waals surface area (Å²) in [6.07, 6.45) is 0. The van der Waals surface area contributed by atoms with Crippen LogP contribution in [0.25, 0.3) is 0 Å². The fraction of sp³-hybridized carbons (Fsp3) is 0.375. The van der Waals surface area contributed by atoms with Crippen LogP contribution in [0.4, 0.5) is 5.82 Å². The number of rotatable bonds is 4. The number of nitrogens with zero attached hydrogens (tertiary/aromatic N) is 2. The molecule has 1 aliphatic heterocycles. The van der Waals surface area contributed by atoms with Gasteiger partial charge in [-0.15, -0.1) is 0 Å². The molecule has 1 aliphatic rings. The molecule has 0 spiro atoms. The van der Waals surface area contributed by atoms with Crippen LogP contribution in [0.3, 0.4) is 0 Å². The van der Waals surface area contributed by atoms with Gasteiger partial charge in [0.1, 0.15) is 17.3 Å². The van der Waals surface area contributed by atoms with E-state index in [1.165, 1.54) is 0 Å². The minimum atomic E-state index is -0.0969. The van der Waals surface area contributed by atoms with Crippen molar-refractivity contribution in [3.05, 3.63) is 41.3 Å². The standard InChI is InChI=1S/C16H20N4O2/c1-10(2)14-18-13-15(19-14)20(9-17-16(13)21)8-11-4-6-12(22-3)7-5-11/h4-7,10H,8-9H2,1-3H3,(H,17,21)(H,18,19). The summed E-state index contributed by atoms with van der Waals surface area (Å²) in [6, 6.07) is 7.90. The molecule has 0 radical (unpaired) electrons. The van der Waals surface area contributed by atoms with E-state index in [0.29, 0.717) is 18.9 Å². The van der Waals surface area contributed by atoms with Crippen LogP contribution in [-0.4, -0.2) is 29.7 Å². The first-order valence-corrected chi connectivity index (χ1v) is 7.34. The van der Waals surface area contributed by atoms with E-state index in [1.807, 2.05) is 24.3 Å². The van der Waals surface area contributed by atoms with E-state index in [2.05, 4.69) is 34.0 Å². The van der Waals surface area contributed by atoms with E-state index < -0.39 is 0 Å². The van der Waals surface area contributed by atoms with Crippen molar-refractivity contribution in [1.82, 2.24) is 15.3 Å². The number of ether oxygens (including phenoxy) is 1. The molecule has 0 fully saturated rings. The number of H-pyrrole nitrogens is 1. The molecule has 1 amide bonds. The summed E-state index contributed by atoms with van der Waals surface area (Å²) in [5, 5.41) is 2.87. The molecule has 0 atom stereocenters. The fourth-order valence-electron chi connectivity index (χ4n) is 2.46. The zero-order valence-corrected chi connectivity index (χ0v) is 13.0. The normalized spacial score (nSPS) is 14.0. The van der Waals surface area contributed by atoms with Gasteiger partial charge in [0.05, 0.1) is 13.8 Å². The Morgan fingerprint density at radius 1 is 1.32 bits per heavy atom. The minimum absolute atomic E-state index is 0.0969. The van der Waals surface area contributed by atoms with Crippen LogP contribution in [0.2, 0.25) is 0 Å². The van der Waals surface area contributed by atoms with Crippen molar-refractivity contribution < 1.29 is 9.53 Å². The van der Waals surface area contributed by atoms with Crippen molar-refractivity contribution >= 4 is 11.7 Å². The van der Waals surface area contributed by atoms with Crippen LogP contribution in [-0.2, 0) is 6.54 Å². The SMILES string of the molecule is COc1ccc(CN2CNC(=O)c3[nH]c(C(C)C)nc32)cc1. The second-order valence-corrected chi connectivity index (χ2v) is 5.69. The average molecular weight is 300 g/mol. The fourth-order valence-corrected chi connectivity index (χ4v) is 2.46. The van der Waals surface area contributed by atoms with Crippen LogP contribution in [0.15, 0.2) is 24.3 Å². The summed E-state index contributed by atoms with van der Waals surface area (Å²) in [6.45, 7) is 5.24. The average Bonchev–Trinajstić information content (AvgIpc) is 2.97. The van der Waals surface area contributed by atoms with Gasteiger partial charge in [0.2, 0.25) is 0 Å². The third kappa shape index (κ3) is 2.64. The lowest BCUT2D eigenvalue weighted by Crippen LogP contribution is -2.43. The number of benzene rings is 1. The number of carbonyl (C=O) groups is 1. The third-order valence-electron chi connectivity index (χ3n) is 3.74. The smallest absolute Gasteiger partial charge is 0.272 e. The Balaban J connectivity index is 1.86. The maximum absolute atomic E-state index is 12.0. The molecule has 0 unspecified atom stereocenters. The van der Waals surface area contributed by atoms with Gasteiger partial charge >= 0.3 is 0 Å². The maximum atomic E-state index is 12.0. The number of anilines is 1. The molecule has 0 saturated carbocycles. The minimum Gasteiger partial charge on any atom is -0.497 e. The van der Waals surface area contributed by atoms with Crippen LogP contribution < -0.4 is 15.0 Å². The highest BCUT2D eigenvalue weighted by molar-refractivity contribution is 5.98. The lowest BCUT2D eigenvalue weighted by molar-refractivity contribution is 0.0942. The lowest BCUT2D eigenvalue weighted by atomic mass is 10.2. The molecule has 0 saturated heterocycles. The molecule has 22 heavy (non-hydrogen) atoms. The first-order valence-electron chi connectivity index (χ1n) is 7.34. The zero-order chi connectivity index (χ0) is 15.7. The largest absolute Gasteiger partial charge is 0.497 e. The highest BCUT2D eigenvalue weighted by atomic mass is 16.5. The van der Waals surface area contributed by atoms with Gasteiger partial charge in [-0.25, -0.2) is 4.98 Å². The van der Waals surface area contributed by atoms with Crippen LogP contribution in [0.1, 0.15) is 41.6 Å². The number of hydrogen-bond acceptors (Lipinski definition) is 4. The number of fused-ring (bicyclic) bond motifs is 1. The van der Waals surface area contributed by atoms with E-state index in [-0.39, 0.29) is 11.8 Å². The Morgan fingerprint density at radius 2 is 2.05 bits per heavy atom. The summed E-state index contributed by atoms with van der Waals surface area (Å²) >= 11 is 0. The van der Waals surface area contributed by atoms with Crippen LogP contribution in [0, 0.1) is 0 Å². The van der Waals surface area contributed by atoms with Gasteiger partial charge < -0.3 is 19.9 Å². The van der Waals surface area contributed by atoms with Crippen molar-refractivity contribution in [3.63, 3.8) is 0 Å². The van der Waals surface area contributed by atoms with E-state index in [1.54, 1.807) is 7.11 Å². The number of aromatic nitrogens is 2. The summed E-state index contributed by atoms with van der Waals surface area (Å²) in [5.41, 5.74) is 1.68. The number of hydrogen-bond donors (Lipinski definition) is 2.